The van der Waals surface area contributed by atoms with Gasteiger partial charge in [-0.3, -0.25) is 24.5 Å². The number of fused-ring (bicyclic) bond motifs is 2. The van der Waals surface area contributed by atoms with Crippen molar-refractivity contribution in [3.63, 3.8) is 0 Å². The van der Waals surface area contributed by atoms with Crippen molar-refractivity contribution in [3.8, 4) is 0 Å². The van der Waals surface area contributed by atoms with Crippen molar-refractivity contribution in [1.82, 2.24) is 4.98 Å². The fourth-order valence-corrected chi connectivity index (χ4v) is 3.91. The molecule has 1 atom stereocenters. The fourth-order valence-electron chi connectivity index (χ4n) is 3.91. The molecule has 1 aliphatic carbocycles. The molecular formula is C20H17N3O6. The van der Waals surface area contributed by atoms with Crippen LogP contribution in [0.25, 0.3) is 11.6 Å². The molecule has 9 heteroatoms. The number of hydrogen-bond donors (Lipinski definition) is 3. The number of rotatable bonds is 4. The number of aromatic nitrogens is 1. The molecule has 0 spiro atoms. The van der Waals surface area contributed by atoms with Gasteiger partial charge in [-0.1, -0.05) is 0 Å². The summed E-state index contributed by atoms with van der Waals surface area (Å²) in [5.41, 5.74) is 2.56. The Hall–Kier alpha value is -3.75. The van der Waals surface area contributed by atoms with Crippen LogP contribution in [0.3, 0.4) is 0 Å². The van der Waals surface area contributed by atoms with Crippen LogP contribution in [0.1, 0.15) is 58.6 Å². The van der Waals surface area contributed by atoms with Crippen molar-refractivity contribution in [2.45, 2.75) is 32.1 Å². The van der Waals surface area contributed by atoms with Crippen LogP contribution in [0.15, 0.2) is 18.2 Å². The zero-order valence-corrected chi connectivity index (χ0v) is 15.4. The lowest BCUT2D eigenvalue weighted by Gasteiger charge is -2.14. The van der Waals surface area contributed by atoms with Gasteiger partial charge in [0.25, 0.3) is 11.6 Å². The Kier molecular flexibility index (Phi) is 4.30. The number of aromatic amines is 1. The van der Waals surface area contributed by atoms with E-state index in [-0.39, 0.29) is 17.0 Å². The zero-order valence-electron chi connectivity index (χ0n) is 15.4. The molecule has 0 fully saturated rings. The lowest BCUT2D eigenvalue weighted by molar-refractivity contribution is -0.384. The summed E-state index contributed by atoms with van der Waals surface area (Å²) in [6.45, 7) is 1.49. The third-order valence-electron chi connectivity index (χ3n) is 5.35. The first-order chi connectivity index (χ1) is 13.8. The van der Waals surface area contributed by atoms with Crippen molar-refractivity contribution < 1.29 is 24.4 Å². The van der Waals surface area contributed by atoms with Crippen LogP contribution < -0.4 is 5.32 Å². The Morgan fingerprint density at radius 1 is 1.31 bits per heavy atom. The summed E-state index contributed by atoms with van der Waals surface area (Å²) < 4.78 is 0. The maximum absolute atomic E-state index is 12.5. The number of aryl methyl sites for hydroxylation is 1. The normalized spacial score (nSPS) is 17.6. The highest BCUT2D eigenvalue weighted by atomic mass is 16.6. The number of Topliss-reactive ketones (excluding diaryl/α,β-unsaturated/α-hetero) is 1. The highest BCUT2D eigenvalue weighted by Gasteiger charge is 2.32. The van der Waals surface area contributed by atoms with Gasteiger partial charge in [0, 0.05) is 52.3 Å². The molecule has 1 amide bonds. The molecule has 9 nitrogen and oxygen atoms in total. The summed E-state index contributed by atoms with van der Waals surface area (Å²) in [5.74, 6) is -2.62. The summed E-state index contributed by atoms with van der Waals surface area (Å²) in [6, 6.07) is 4.05. The maximum atomic E-state index is 12.5. The van der Waals surface area contributed by atoms with Gasteiger partial charge >= 0.3 is 5.97 Å². The van der Waals surface area contributed by atoms with Crippen molar-refractivity contribution in [1.29, 1.82) is 0 Å². The molecule has 29 heavy (non-hydrogen) atoms. The number of nitrogens with one attached hydrogen (secondary N) is 2. The lowest BCUT2D eigenvalue weighted by Crippen LogP contribution is -2.15. The van der Waals surface area contributed by atoms with E-state index in [1.54, 1.807) is 0 Å². The molecule has 2 aromatic rings. The average molecular weight is 395 g/mol. The van der Waals surface area contributed by atoms with Gasteiger partial charge in [-0.15, -0.1) is 0 Å². The van der Waals surface area contributed by atoms with Crippen LogP contribution in [-0.2, 0) is 16.0 Å². The molecule has 0 radical (unpaired) electrons. The summed E-state index contributed by atoms with van der Waals surface area (Å²) in [7, 11) is 0. The SMILES string of the molecule is CC(C(=O)O)c1c(/C=C2\C(=O)Nc3ccc([N+](=O)[O-])cc32)[nH]c2c1C(=O)CCC2. The topological polar surface area (TPSA) is 142 Å². The van der Waals surface area contributed by atoms with Gasteiger partial charge in [-0.25, -0.2) is 0 Å². The number of nitrogens with zero attached hydrogens (tertiary/aromatic N) is 1. The molecule has 3 N–H and O–H groups in total. The summed E-state index contributed by atoms with van der Waals surface area (Å²) in [5, 5.41) is 23.3. The largest absolute Gasteiger partial charge is 0.481 e. The second-order valence-corrected chi connectivity index (χ2v) is 7.14. The molecule has 2 aliphatic rings. The van der Waals surface area contributed by atoms with E-state index in [2.05, 4.69) is 10.3 Å². The first-order valence-electron chi connectivity index (χ1n) is 9.10. The Morgan fingerprint density at radius 3 is 2.76 bits per heavy atom. The van der Waals surface area contributed by atoms with Crippen LogP contribution in [0.5, 0.6) is 0 Å². The van der Waals surface area contributed by atoms with E-state index in [0.29, 0.717) is 53.0 Å². The van der Waals surface area contributed by atoms with Crippen LogP contribution in [0.4, 0.5) is 11.4 Å². The predicted molar refractivity (Wildman–Crippen MR) is 104 cm³/mol. The fraction of sp³-hybridized carbons (Fsp3) is 0.250. The van der Waals surface area contributed by atoms with Crippen molar-refractivity contribution in [2.75, 3.05) is 5.32 Å². The number of carbonyl (C=O) groups is 3. The molecule has 0 saturated carbocycles. The van der Waals surface area contributed by atoms with Gasteiger partial charge < -0.3 is 15.4 Å². The number of hydrogen-bond acceptors (Lipinski definition) is 5. The van der Waals surface area contributed by atoms with Gasteiger partial charge in [0.1, 0.15) is 0 Å². The van der Waals surface area contributed by atoms with Gasteiger partial charge in [0.15, 0.2) is 5.78 Å². The number of carboxylic acid groups (broad SMARTS) is 1. The van der Waals surface area contributed by atoms with Crippen molar-refractivity contribution in [2.24, 2.45) is 0 Å². The zero-order chi connectivity index (χ0) is 20.9. The van der Waals surface area contributed by atoms with Gasteiger partial charge in [-0.2, -0.15) is 0 Å². The van der Waals surface area contributed by atoms with Crippen molar-refractivity contribution in [3.05, 3.63) is 56.4 Å². The molecule has 1 aromatic heterocycles. The molecule has 2 heterocycles. The number of ketones is 1. The summed E-state index contributed by atoms with van der Waals surface area (Å²) in [6.07, 6.45) is 3.09. The first kappa shape index (κ1) is 18.6. The van der Waals surface area contributed by atoms with E-state index < -0.39 is 22.7 Å². The molecular weight excluding hydrogens is 378 g/mol. The molecule has 1 aromatic carbocycles. The molecule has 0 saturated heterocycles. The third-order valence-corrected chi connectivity index (χ3v) is 5.35. The van der Waals surface area contributed by atoms with Gasteiger partial charge in [0.2, 0.25) is 0 Å². The molecule has 0 bridgehead atoms. The number of anilines is 1. The summed E-state index contributed by atoms with van der Waals surface area (Å²) >= 11 is 0. The highest BCUT2D eigenvalue weighted by Crippen LogP contribution is 2.38. The molecule has 148 valence electrons. The summed E-state index contributed by atoms with van der Waals surface area (Å²) in [4.78, 5) is 50.3. The predicted octanol–water partition coefficient (Wildman–Crippen LogP) is 3.12. The number of carbonyl (C=O) groups excluding carboxylic acids is 2. The minimum absolute atomic E-state index is 0.123. The van der Waals surface area contributed by atoms with E-state index >= 15 is 0 Å². The molecule has 1 aliphatic heterocycles. The Labute approximate surface area is 164 Å². The minimum atomic E-state index is -1.09. The van der Waals surface area contributed by atoms with E-state index in [0.717, 1.165) is 0 Å². The Bertz CT molecular complexity index is 1130. The van der Waals surface area contributed by atoms with Crippen LogP contribution in [0.2, 0.25) is 0 Å². The van der Waals surface area contributed by atoms with E-state index in [9.17, 15) is 29.6 Å². The number of aliphatic carboxylic acids is 1. The van der Waals surface area contributed by atoms with Gasteiger partial charge in [0.05, 0.1) is 16.4 Å². The van der Waals surface area contributed by atoms with Crippen LogP contribution in [0, 0.1) is 10.1 Å². The van der Waals surface area contributed by atoms with Crippen LogP contribution in [-0.4, -0.2) is 32.7 Å². The lowest BCUT2D eigenvalue weighted by atomic mass is 9.87. The van der Waals surface area contributed by atoms with E-state index in [4.69, 9.17) is 0 Å². The molecule has 1 unspecified atom stereocenters. The van der Waals surface area contributed by atoms with E-state index in [1.807, 2.05) is 0 Å². The number of carboxylic acids is 1. The minimum Gasteiger partial charge on any atom is -0.481 e. The Morgan fingerprint density at radius 2 is 2.07 bits per heavy atom. The quantitative estimate of drug-likeness (QED) is 0.412. The number of benzene rings is 1. The van der Waals surface area contributed by atoms with E-state index in [1.165, 1.54) is 31.2 Å². The number of non-ortho nitro benzene ring substituents is 1. The highest BCUT2D eigenvalue weighted by molar-refractivity contribution is 6.35. The molecule has 4 rings (SSSR count). The second-order valence-electron chi connectivity index (χ2n) is 7.14. The number of nitro benzene ring substituents is 1. The second kappa shape index (κ2) is 6.69. The van der Waals surface area contributed by atoms with Gasteiger partial charge in [-0.05, 0) is 31.9 Å². The van der Waals surface area contributed by atoms with Crippen molar-refractivity contribution >= 4 is 40.7 Å². The monoisotopic (exact) mass is 395 g/mol. The standard InChI is InChI=1S/C20H17N3O6/c1-9(20(26)27)17-15(21-14-3-2-4-16(24)18(14)17)8-12-11-7-10(23(28)29)5-6-13(11)22-19(12)25/h5-9,21H,2-4H2,1H3,(H,22,25)(H,26,27)/b12-8-. The smallest absolute Gasteiger partial charge is 0.310 e. The Balaban J connectivity index is 1.91. The number of nitro groups is 1. The first-order valence-corrected chi connectivity index (χ1v) is 9.10. The third kappa shape index (κ3) is 3.00. The number of amides is 1. The number of H-pyrrole nitrogens is 1. The maximum Gasteiger partial charge on any atom is 0.310 e. The average Bonchev–Trinajstić information content (AvgIpc) is 3.19. The van der Waals surface area contributed by atoms with Crippen LogP contribution >= 0.6 is 0 Å².